The fourth-order valence-electron chi connectivity index (χ4n) is 4.92. The van der Waals surface area contributed by atoms with Gasteiger partial charge in [0.25, 0.3) is 5.91 Å². The molecule has 4 rings (SSSR count). The van der Waals surface area contributed by atoms with Crippen LogP contribution >= 0.6 is 0 Å². The third-order valence-corrected chi connectivity index (χ3v) is 8.49. The van der Waals surface area contributed by atoms with E-state index in [1.54, 1.807) is 48.7 Å². The highest BCUT2D eigenvalue weighted by Gasteiger charge is 2.54. The monoisotopic (exact) mass is 510 g/mol. The minimum Gasteiger partial charge on any atom is -0.340 e. The SMILES string of the molecule is C=Cc1ccc(C(=O)NC(CCC)C(=O)N2CCC3C2C(=O)CN3S(=O)(=O)Cc2cccnc2)cc1. The van der Waals surface area contributed by atoms with Crippen molar-refractivity contribution in [2.45, 2.75) is 50.1 Å². The molecule has 0 radical (unpaired) electrons. The van der Waals surface area contributed by atoms with E-state index in [0.29, 0.717) is 30.4 Å². The van der Waals surface area contributed by atoms with Gasteiger partial charge in [-0.05, 0) is 42.2 Å². The molecule has 3 heterocycles. The third-order valence-electron chi connectivity index (χ3n) is 6.68. The zero-order valence-electron chi connectivity index (χ0n) is 20.2. The maximum Gasteiger partial charge on any atom is 0.251 e. The van der Waals surface area contributed by atoms with Crippen molar-refractivity contribution in [2.24, 2.45) is 0 Å². The van der Waals surface area contributed by atoms with Crippen LogP contribution in [-0.2, 0) is 25.4 Å². The van der Waals surface area contributed by atoms with Gasteiger partial charge in [0.2, 0.25) is 15.9 Å². The average Bonchev–Trinajstić information content (AvgIpc) is 3.45. The number of carbonyl (C=O) groups excluding carboxylic acids is 3. The molecule has 2 saturated heterocycles. The number of pyridine rings is 1. The quantitative estimate of drug-likeness (QED) is 0.552. The van der Waals surface area contributed by atoms with Crippen LogP contribution in [0, 0.1) is 0 Å². The van der Waals surface area contributed by atoms with Gasteiger partial charge in [-0.1, -0.05) is 44.2 Å². The summed E-state index contributed by atoms with van der Waals surface area (Å²) in [6.45, 7) is 5.60. The molecule has 2 aromatic rings. The van der Waals surface area contributed by atoms with Crippen LogP contribution < -0.4 is 5.32 Å². The molecule has 2 aliphatic heterocycles. The molecule has 1 aromatic heterocycles. The lowest BCUT2D eigenvalue weighted by atomic mass is 10.1. The van der Waals surface area contributed by atoms with E-state index in [4.69, 9.17) is 0 Å². The summed E-state index contributed by atoms with van der Waals surface area (Å²) < 4.78 is 27.5. The van der Waals surface area contributed by atoms with Crippen LogP contribution in [0.4, 0.5) is 0 Å². The summed E-state index contributed by atoms with van der Waals surface area (Å²) in [6.07, 6.45) is 6.14. The van der Waals surface area contributed by atoms with Crippen LogP contribution in [0.3, 0.4) is 0 Å². The smallest absolute Gasteiger partial charge is 0.251 e. The van der Waals surface area contributed by atoms with Crippen molar-refractivity contribution >= 4 is 33.7 Å². The predicted octanol–water partition coefficient (Wildman–Crippen LogP) is 2.01. The van der Waals surface area contributed by atoms with Crippen LogP contribution in [0.2, 0.25) is 0 Å². The number of carbonyl (C=O) groups is 3. The minimum atomic E-state index is -3.78. The molecule has 1 N–H and O–H groups in total. The van der Waals surface area contributed by atoms with Crippen molar-refractivity contribution in [3.05, 3.63) is 72.1 Å². The van der Waals surface area contributed by atoms with Crippen molar-refractivity contribution in [3.8, 4) is 0 Å². The summed E-state index contributed by atoms with van der Waals surface area (Å²) in [5.74, 6) is -1.31. The lowest BCUT2D eigenvalue weighted by Crippen LogP contribution is -2.52. The Labute approximate surface area is 211 Å². The molecule has 9 nitrogen and oxygen atoms in total. The number of nitrogens with one attached hydrogen (secondary N) is 1. The van der Waals surface area contributed by atoms with Gasteiger partial charge in [0, 0.05) is 24.5 Å². The lowest BCUT2D eigenvalue weighted by Gasteiger charge is -2.28. The van der Waals surface area contributed by atoms with Crippen molar-refractivity contribution in [1.82, 2.24) is 19.5 Å². The zero-order valence-corrected chi connectivity index (χ0v) is 21.0. The first-order valence-electron chi connectivity index (χ1n) is 12.0. The highest BCUT2D eigenvalue weighted by Crippen LogP contribution is 2.33. The first-order valence-corrected chi connectivity index (χ1v) is 13.6. The van der Waals surface area contributed by atoms with Gasteiger partial charge >= 0.3 is 0 Å². The van der Waals surface area contributed by atoms with Crippen LogP contribution in [-0.4, -0.2) is 71.4 Å². The second-order valence-corrected chi connectivity index (χ2v) is 11.0. The fraction of sp³-hybridized carbons (Fsp3) is 0.385. The molecule has 3 unspecified atom stereocenters. The van der Waals surface area contributed by atoms with E-state index in [2.05, 4.69) is 16.9 Å². The van der Waals surface area contributed by atoms with Crippen molar-refractivity contribution in [2.75, 3.05) is 13.1 Å². The molecular weight excluding hydrogens is 480 g/mol. The number of Topliss-reactive ketones (excluding diaryl/α,β-unsaturated/α-hetero) is 1. The summed E-state index contributed by atoms with van der Waals surface area (Å²) in [4.78, 5) is 44.7. The zero-order chi connectivity index (χ0) is 25.9. The van der Waals surface area contributed by atoms with Crippen LogP contribution in [0.1, 0.15) is 47.7 Å². The molecule has 2 fully saturated rings. The molecule has 0 bridgehead atoms. The number of benzene rings is 1. The molecule has 10 heteroatoms. The number of amides is 2. The van der Waals surface area contributed by atoms with Crippen molar-refractivity contribution in [3.63, 3.8) is 0 Å². The van der Waals surface area contributed by atoms with Gasteiger partial charge in [0.1, 0.15) is 12.1 Å². The summed E-state index contributed by atoms with van der Waals surface area (Å²) in [7, 11) is -3.78. The number of aromatic nitrogens is 1. The largest absolute Gasteiger partial charge is 0.340 e. The summed E-state index contributed by atoms with van der Waals surface area (Å²) >= 11 is 0. The number of sulfonamides is 1. The lowest BCUT2D eigenvalue weighted by molar-refractivity contribution is -0.138. The van der Waals surface area contributed by atoms with E-state index >= 15 is 0 Å². The van der Waals surface area contributed by atoms with Crippen LogP contribution in [0.15, 0.2) is 55.4 Å². The van der Waals surface area contributed by atoms with Gasteiger partial charge in [0.15, 0.2) is 5.78 Å². The van der Waals surface area contributed by atoms with Gasteiger partial charge in [-0.2, -0.15) is 4.31 Å². The molecule has 3 atom stereocenters. The predicted molar refractivity (Wildman–Crippen MR) is 135 cm³/mol. The number of fused-ring (bicyclic) bond motifs is 1. The van der Waals surface area contributed by atoms with E-state index < -0.39 is 28.1 Å². The first-order chi connectivity index (χ1) is 17.2. The number of nitrogens with zero attached hydrogens (tertiary/aromatic N) is 3. The van der Waals surface area contributed by atoms with Gasteiger partial charge in [0.05, 0.1) is 18.3 Å². The number of hydrogen-bond donors (Lipinski definition) is 1. The molecule has 2 aliphatic rings. The second kappa shape index (κ2) is 10.7. The van der Waals surface area contributed by atoms with E-state index in [-0.39, 0.29) is 36.4 Å². The summed E-state index contributed by atoms with van der Waals surface area (Å²) in [5.41, 5.74) is 1.82. The molecule has 0 spiro atoms. The molecular formula is C26H30N4O5S. The number of rotatable bonds is 9. The van der Waals surface area contributed by atoms with Gasteiger partial charge in [-0.25, -0.2) is 8.42 Å². The Hall–Kier alpha value is -3.37. The van der Waals surface area contributed by atoms with Gasteiger partial charge in [-0.15, -0.1) is 0 Å². The average molecular weight is 511 g/mol. The molecule has 2 amide bonds. The molecule has 0 saturated carbocycles. The standard InChI is InChI=1S/C26H30N4O5S/c1-3-6-21(28-25(32)20-10-8-18(4-2)9-11-20)26(33)29-14-12-22-24(29)23(31)16-30(22)36(34,35)17-19-7-5-13-27-15-19/h4-5,7-11,13,15,21-22,24H,2-3,6,12,14,16-17H2,1H3,(H,28,32). The number of ketones is 1. The van der Waals surface area contributed by atoms with Gasteiger partial charge in [-0.3, -0.25) is 19.4 Å². The normalized spacial score (nSPS) is 20.7. The number of likely N-dealkylation sites (tertiary alicyclic amines) is 1. The first kappa shape index (κ1) is 25.7. The van der Waals surface area contributed by atoms with E-state index in [1.807, 2.05) is 6.92 Å². The summed E-state index contributed by atoms with van der Waals surface area (Å²) in [5, 5.41) is 2.81. The molecule has 1 aromatic carbocycles. The van der Waals surface area contributed by atoms with Crippen LogP contribution in [0.25, 0.3) is 6.08 Å². The second-order valence-electron chi connectivity index (χ2n) is 9.10. The Bertz CT molecular complexity index is 1250. The topological polar surface area (TPSA) is 117 Å². The Balaban J connectivity index is 1.48. The number of hydrogen-bond acceptors (Lipinski definition) is 6. The van der Waals surface area contributed by atoms with E-state index in [0.717, 1.165) is 5.56 Å². The van der Waals surface area contributed by atoms with Crippen LogP contribution in [0.5, 0.6) is 0 Å². The maximum absolute atomic E-state index is 13.5. The summed E-state index contributed by atoms with van der Waals surface area (Å²) in [6, 6.07) is 7.94. The fourth-order valence-corrected chi connectivity index (χ4v) is 6.63. The Morgan fingerprint density at radius 1 is 1.25 bits per heavy atom. The third kappa shape index (κ3) is 5.24. The van der Waals surface area contributed by atoms with E-state index in [1.165, 1.54) is 15.4 Å². The van der Waals surface area contributed by atoms with Crippen molar-refractivity contribution < 1.29 is 22.8 Å². The van der Waals surface area contributed by atoms with E-state index in [9.17, 15) is 22.8 Å². The van der Waals surface area contributed by atoms with Gasteiger partial charge < -0.3 is 10.2 Å². The maximum atomic E-state index is 13.5. The Kier molecular flexibility index (Phi) is 7.65. The highest BCUT2D eigenvalue weighted by molar-refractivity contribution is 7.88. The Morgan fingerprint density at radius 3 is 2.64 bits per heavy atom. The van der Waals surface area contributed by atoms with Crippen molar-refractivity contribution in [1.29, 1.82) is 0 Å². The minimum absolute atomic E-state index is 0.253. The highest BCUT2D eigenvalue weighted by atomic mass is 32.2. The molecule has 190 valence electrons. The molecule has 36 heavy (non-hydrogen) atoms. The molecule has 0 aliphatic carbocycles. The Morgan fingerprint density at radius 2 is 2.00 bits per heavy atom.